The van der Waals surface area contributed by atoms with Crippen LogP contribution in [0, 0.1) is 11.6 Å². The van der Waals surface area contributed by atoms with Crippen molar-refractivity contribution in [2.75, 3.05) is 0 Å². The molecule has 0 aliphatic heterocycles. The second-order valence-corrected chi connectivity index (χ2v) is 5.53. The van der Waals surface area contributed by atoms with Crippen molar-refractivity contribution >= 4 is 17.3 Å². The van der Waals surface area contributed by atoms with Gasteiger partial charge in [0.05, 0.1) is 5.56 Å². The Bertz CT molecular complexity index is 841. The second kappa shape index (κ2) is 5.69. The van der Waals surface area contributed by atoms with Gasteiger partial charge in [-0.05, 0) is 29.1 Å². The first-order valence-corrected chi connectivity index (χ1v) is 7.32. The van der Waals surface area contributed by atoms with Crippen LogP contribution in [0.25, 0.3) is 21.6 Å². The van der Waals surface area contributed by atoms with Crippen LogP contribution in [0.5, 0.6) is 0 Å². The Kier molecular flexibility index (Phi) is 3.73. The van der Waals surface area contributed by atoms with E-state index in [1.54, 1.807) is 11.4 Å². The molecule has 2 nitrogen and oxygen atoms in total. The molecular formula is C17H10F2O2S. The van der Waals surface area contributed by atoms with E-state index >= 15 is 0 Å². The zero-order chi connectivity index (χ0) is 15.7. The Morgan fingerprint density at radius 1 is 1.00 bits per heavy atom. The molecule has 5 heteroatoms. The largest absolute Gasteiger partial charge is 0.478 e. The molecule has 0 spiro atoms. The van der Waals surface area contributed by atoms with E-state index in [0.717, 1.165) is 17.7 Å². The van der Waals surface area contributed by atoms with E-state index in [2.05, 4.69) is 0 Å². The van der Waals surface area contributed by atoms with Crippen LogP contribution in [0.2, 0.25) is 0 Å². The summed E-state index contributed by atoms with van der Waals surface area (Å²) in [5, 5.41) is 11.0. The fraction of sp³-hybridized carbons (Fsp3) is 0. The molecule has 110 valence electrons. The summed E-state index contributed by atoms with van der Waals surface area (Å²) in [6, 6.07) is 12.9. The fourth-order valence-electron chi connectivity index (χ4n) is 2.30. The molecule has 1 N–H and O–H groups in total. The molecule has 0 amide bonds. The third-order valence-electron chi connectivity index (χ3n) is 3.30. The second-order valence-electron chi connectivity index (χ2n) is 4.62. The molecule has 0 radical (unpaired) electrons. The molecule has 0 aliphatic carbocycles. The van der Waals surface area contributed by atoms with Gasteiger partial charge < -0.3 is 5.11 Å². The maximum Gasteiger partial charge on any atom is 0.336 e. The average molecular weight is 316 g/mol. The highest BCUT2D eigenvalue weighted by atomic mass is 32.1. The molecule has 0 aliphatic rings. The Labute approximate surface area is 129 Å². The summed E-state index contributed by atoms with van der Waals surface area (Å²) in [6.45, 7) is 0. The Morgan fingerprint density at radius 3 is 2.41 bits per heavy atom. The molecule has 0 saturated carbocycles. The van der Waals surface area contributed by atoms with Crippen molar-refractivity contribution in [1.29, 1.82) is 0 Å². The molecule has 22 heavy (non-hydrogen) atoms. The molecular weight excluding hydrogens is 306 g/mol. The van der Waals surface area contributed by atoms with Gasteiger partial charge in [-0.25, -0.2) is 13.6 Å². The van der Waals surface area contributed by atoms with Crippen molar-refractivity contribution in [3.05, 3.63) is 71.1 Å². The molecule has 3 rings (SSSR count). The minimum absolute atomic E-state index is 0.207. The summed E-state index contributed by atoms with van der Waals surface area (Å²) >= 11 is 1.18. The van der Waals surface area contributed by atoms with Crippen LogP contribution in [0.3, 0.4) is 0 Å². The normalized spacial score (nSPS) is 10.6. The quantitative estimate of drug-likeness (QED) is 0.733. The van der Waals surface area contributed by atoms with Crippen molar-refractivity contribution in [2.45, 2.75) is 0 Å². The summed E-state index contributed by atoms with van der Waals surface area (Å²) in [6.07, 6.45) is 0. The van der Waals surface area contributed by atoms with Crippen molar-refractivity contribution < 1.29 is 18.7 Å². The summed E-state index contributed by atoms with van der Waals surface area (Å²) < 4.78 is 27.8. The van der Waals surface area contributed by atoms with Gasteiger partial charge in [-0.2, -0.15) is 0 Å². The first-order valence-electron chi connectivity index (χ1n) is 6.44. The molecule has 1 heterocycles. The molecule has 0 bridgehead atoms. The summed E-state index contributed by atoms with van der Waals surface area (Å²) in [5.41, 5.74) is 1.04. The predicted octanol–water partition coefficient (Wildman–Crippen LogP) is 5.06. The SMILES string of the molecule is O=C(O)c1ccc(F)c(F)c1-c1sccc1-c1ccccc1. The molecule has 1 aromatic heterocycles. The number of rotatable bonds is 3. The maximum absolute atomic E-state index is 14.2. The number of carboxylic acid groups (broad SMARTS) is 1. The van der Waals surface area contributed by atoms with Gasteiger partial charge in [0.1, 0.15) is 0 Å². The van der Waals surface area contributed by atoms with Gasteiger partial charge in [-0.1, -0.05) is 30.3 Å². The summed E-state index contributed by atoms with van der Waals surface area (Å²) in [5.74, 6) is -3.49. The van der Waals surface area contributed by atoms with Crippen LogP contribution in [0.4, 0.5) is 8.78 Å². The monoisotopic (exact) mass is 316 g/mol. The smallest absolute Gasteiger partial charge is 0.336 e. The van der Waals surface area contributed by atoms with Gasteiger partial charge >= 0.3 is 5.97 Å². The number of benzene rings is 2. The minimum atomic E-state index is -1.29. The van der Waals surface area contributed by atoms with Gasteiger partial charge in [0, 0.05) is 16.0 Å². The zero-order valence-corrected chi connectivity index (χ0v) is 12.0. The summed E-state index contributed by atoms with van der Waals surface area (Å²) in [4.78, 5) is 11.7. The van der Waals surface area contributed by atoms with Crippen molar-refractivity contribution in [3.8, 4) is 21.6 Å². The van der Waals surface area contributed by atoms with E-state index in [4.69, 9.17) is 0 Å². The van der Waals surface area contributed by atoms with E-state index in [1.165, 1.54) is 11.3 Å². The standard InChI is InChI=1S/C17H10F2O2S/c18-13-7-6-12(17(20)21)14(15(13)19)16-11(8-9-22-16)10-4-2-1-3-5-10/h1-9H,(H,20,21). The van der Waals surface area contributed by atoms with Crippen LogP contribution in [0.1, 0.15) is 10.4 Å². The number of aromatic carboxylic acids is 1. The Balaban J connectivity index is 2.28. The molecule has 0 saturated heterocycles. The third kappa shape index (κ3) is 2.40. The highest BCUT2D eigenvalue weighted by Gasteiger charge is 2.23. The lowest BCUT2D eigenvalue weighted by atomic mass is 9.98. The van der Waals surface area contributed by atoms with E-state index in [0.29, 0.717) is 10.4 Å². The van der Waals surface area contributed by atoms with Crippen LogP contribution in [-0.2, 0) is 0 Å². The molecule has 0 fully saturated rings. The van der Waals surface area contributed by atoms with Gasteiger partial charge in [0.25, 0.3) is 0 Å². The van der Waals surface area contributed by atoms with Gasteiger partial charge in [-0.15, -0.1) is 11.3 Å². The maximum atomic E-state index is 14.2. The lowest BCUT2D eigenvalue weighted by Gasteiger charge is -2.09. The third-order valence-corrected chi connectivity index (χ3v) is 4.23. The molecule has 2 aromatic carbocycles. The zero-order valence-electron chi connectivity index (χ0n) is 11.2. The first kappa shape index (κ1) is 14.4. The number of hydrogen-bond acceptors (Lipinski definition) is 2. The minimum Gasteiger partial charge on any atom is -0.478 e. The van der Waals surface area contributed by atoms with Crippen molar-refractivity contribution in [2.24, 2.45) is 0 Å². The lowest BCUT2D eigenvalue weighted by molar-refractivity contribution is 0.0697. The van der Waals surface area contributed by atoms with Crippen molar-refractivity contribution in [3.63, 3.8) is 0 Å². The summed E-state index contributed by atoms with van der Waals surface area (Å²) in [7, 11) is 0. The van der Waals surface area contributed by atoms with Crippen LogP contribution in [-0.4, -0.2) is 11.1 Å². The topological polar surface area (TPSA) is 37.3 Å². The van der Waals surface area contributed by atoms with Gasteiger partial charge in [0.15, 0.2) is 11.6 Å². The van der Waals surface area contributed by atoms with E-state index < -0.39 is 17.6 Å². The van der Waals surface area contributed by atoms with E-state index in [-0.39, 0.29) is 11.1 Å². The number of halogens is 2. The average Bonchev–Trinajstić information content (AvgIpc) is 2.99. The van der Waals surface area contributed by atoms with Crippen molar-refractivity contribution in [1.82, 2.24) is 0 Å². The predicted molar refractivity (Wildman–Crippen MR) is 82.1 cm³/mol. The van der Waals surface area contributed by atoms with Crippen LogP contribution < -0.4 is 0 Å². The van der Waals surface area contributed by atoms with Gasteiger partial charge in [0.2, 0.25) is 0 Å². The van der Waals surface area contributed by atoms with Crippen LogP contribution in [0.15, 0.2) is 53.9 Å². The highest BCUT2D eigenvalue weighted by Crippen LogP contribution is 2.40. The van der Waals surface area contributed by atoms with E-state index in [9.17, 15) is 18.7 Å². The molecule has 3 aromatic rings. The molecule has 0 atom stereocenters. The van der Waals surface area contributed by atoms with Gasteiger partial charge in [-0.3, -0.25) is 0 Å². The van der Waals surface area contributed by atoms with E-state index in [1.807, 2.05) is 30.3 Å². The van der Waals surface area contributed by atoms with Crippen LogP contribution >= 0.6 is 11.3 Å². The fourth-order valence-corrected chi connectivity index (χ4v) is 3.27. The number of hydrogen-bond donors (Lipinski definition) is 1. The Hall–Kier alpha value is -2.53. The highest BCUT2D eigenvalue weighted by molar-refractivity contribution is 7.14. The number of carboxylic acids is 1. The Morgan fingerprint density at radius 2 is 1.73 bits per heavy atom. The lowest BCUT2D eigenvalue weighted by Crippen LogP contribution is -2.03. The molecule has 0 unspecified atom stereocenters. The first-order chi connectivity index (χ1) is 10.6. The number of thiophene rings is 1. The number of carbonyl (C=O) groups is 1.